The molecule has 2 aromatic carbocycles. The van der Waals surface area contributed by atoms with Gasteiger partial charge in [-0.15, -0.1) is 0 Å². The van der Waals surface area contributed by atoms with Crippen LogP contribution >= 0.6 is 0 Å². The summed E-state index contributed by atoms with van der Waals surface area (Å²) in [5.41, 5.74) is 12.6. The van der Waals surface area contributed by atoms with Gasteiger partial charge in [-0.25, -0.2) is 4.68 Å². The third-order valence-corrected chi connectivity index (χ3v) is 6.06. The van der Waals surface area contributed by atoms with Crippen molar-refractivity contribution in [2.75, 3.05) is 5.73 Å². The summed E-state index contributed by atoms with van der Waals surface area (Å²) in [5.74, 6) is 0.770. The quantitative estimate of drug-likeness (QED) is 0.378. The predicted molar refractivity (Wildman–Crippen MR) is 129 cm³/mol. The van der Waals surface area contributed by atoms with E-state index in [1.165, 1.54) is 42.4 Å². The molecular weight excluding hydrogens is 366 g/mol. The van der Waals surface area contributed by atoms with E-state index in [4.69, 9.17) is 10.8 Å². The standard InChI is InChI=1S/C27H37N3/c1-5-7-8-10-13-21-16-18-22(19-17-21)25-24(6-2)29-30(26(25)28)20-27(3,4)23-14-11-9-12-15-23/h9,11-12,14-19H,5-8,10,13,20,28H2,1-4H3. The first-order valence-corrected chi connectivity index (χ1v) is 11.5. The van der Waals surface area contributed by atoms with E-state index < -0.39 is 0 Å². The zero-order chi connectivity index (χ0) is 21.6. The summed E-state index contributed by atoms with van der Waals surface area (Å²) in [7, 11) is 0. The minimum Gasteiger partial charge on any atom is -0.383 e. The van der Waals surface area contributed by atoms with Crippen LogP contribution < -0.4 is 5.73 Å². The summed E-state index contributed by atoms with van der Waals surface area (Å²) < 4.78 is 2.00. The van der Waals surface area contributed by atoms with E-state index in [1.54, 1.807) is 0 Å². The molecule has 0 radical (unpaired) electrons. The molecule has 0 aliphatic rings. The zero-order valence-corrected chi connectivity index (χ0v) is 19.1. The van der Waals surface area contributed by atoms with Crippen LogP contribution in [0.15, 0.2) is 54.6 Å². The Kier molecular flexibility index (Phi) is 7.36. The number of hydrogen-bond acceptors (Lipinski definition) is 2. The van der Waals surface area contributed by atoms with Crippen LogP contribution in [0.5, 0.6) is 0 Å². The smallest absolute Gasteiger partial charge is 0.129 e. The highest BCUT2D eigenvalue weighted by Gasteiger charge is 2.25. The molecule has 3 aromatic rings. The molecule has 1 heterocycles. The van der Waals surface area contributed by atoms with Crippen molar-refractivity contribution in [3.8, 4) is 11.1 Å². The summed E-state index contributed by atoms with van der Waals surface area (Å²) in [6, 6.07) is 19.6. The van der Waals surface area contributed by atoms with Crippen molar-refractivity contribution in [2.24, 2.45) is 0 Å². The van der Waals surface area contributed by atoms with Crippen molar-refractivity contribution in [3.63, 3.8) is 0 Å². The topological polar surface area (TPSA) is 43.8 Å². The van der Waals surface area contributed by atoms with Gasteiger partial charge in [0.25, 0.3) is 0 Å². The average molecular weight is 404 g/mol. The van der Waals surface area contributed by atoms with Crippen LogP contribution in [0.3, 0.4) is 0 Å². The largest absolute Gasteiger partial charge is 0.383 e. The molecule has 2 N–H and O–H groups in total. The van der Waals surface area contributed by atoms with Gasteiger partial charge in [-0.1, -0.05) is 102 Å². The van der Waals surface area contributed by atoms with Crippen molar-refractivity contribution in [2.45, 2.75) is 78.2 Å². The van der Waals surface area contributed by atoms with E-state index in [1.807, 2.05) is 4.68 Å². The number of hydrogen-bond donors (Lipinski definition) is 1. The van der Waals surface area contributed by atoms with E-state index in [2.05, 4.69) is 82.3 Å². The van der Waals surface area contributed by atoms with Gasteiger partial charge in [0.15, 0.2) is 0 Å². The van der Waals surface area contributed by atoms with Crippen LogP contribution in [-0.2, 0) is 24.8 Å². The lowest BCUT2D eigenvalue weighted by Crippen LogP contribution is -2.26. The molecule has 30 heavy (non-hydrogen) atoms. The molecule has 0 saturated heterocycles. The van der Waals surface area contributed by atoms with Gasteiger partial charge in [0.2, 0.25) is 0 Å². The maximum atomic E-state index is 6.65. The number of aromatic nitrogens is 2. The summed E-state index contributed by atoms with van der Waals surface area (Å²) in [4.78, 5) is 0. The van der Waals surface area contributed by atoms with Gasteiger partial charge in [0.05, 0.1) is 12.2 Å². The zero-order valence-electron chi connectivity index (χ0n) is 19.1. The van der Waals surface area contributed by atoms with Gasteiger partial charge in [-0.05, 0) is 36.0 Å². The number of unbranched alkanes of at least 4 members (excludes halogenated alkanes) is 3. The maximum absolute atomic E-state index is 6.65. The highest BCUT2D eigenvalue weighted by molar-refractivity contribution is 5.76. The second-order valence-electron chi connectivity index (χ2n) is 8.98. The summed E-state index contributed by atoms with van der Waals surface area (Å²) in [5, 5.41) is 4.90. The molecule has 160 valence electrons. The Morgan fingerprint density at radius 3 is 2.23 bits per heavy atom. The van der Waals surface area contributed by atoms with E-state index in [9.17, 15) is 0 Å². The molecule has 0 atom stereocenters. The van der Waals surface area contributed by atoms with Gasteiger partial charge in [-0.2, -0.15) is 5.10 Å². The normalized spacial score (nSPS) is 11.7. The number of nitrogens with zero attached hydrogens (tertiary/aromatic N) is 2. The number of nitrogen functional groups attached to an aromatic ring is 1. The Bertz CT molecular complexity index is 921. The third-order valence-electron chi connectivity index (χ3n) is 6.06. The first-order valence-electron chi connectivity index (χ1n) is 11.5. The highest BCUT2D eigenvalue weighted by atomic mass is 15.3. The molecule has 0 bridgehead atoms. The van der Waals surface area contributed by atoms with E-state index in [-0.39, 0.29) is 5.41 Å². The van der Waals surface area contributed by atoms with E-state index in [0.29, 0.717) is 0 Å². The van der Waals surface area contributed by atoms with Crippen LogP contribution in [0.4, 0.5) is 5.82 Å². The fourth-order valence-corrected chi connectivity index (χ4v) is 4.16. The number of rotatable bonds is 10. The SMILES string of the molecule is CCCCCCc1ccc(-c2c(CC)nn(CC(C)(C)c3ccccc3)c2N)cc1. The lowest BCUT2D eigenvalue weighted by molar-refractivity contribution is 0.410. The molecule has 0 aliphatic carbocycles. The number of anilines is 1. The predicted octanol–water partition coefficient (Wildman–Crippen LogP) is 6.80. The molecule has 0 aliphatic heterocycles. The van der Waals surface area contributed by atoms with Crippen LogP contribution in [0.1, 0.15) is 70.2 Å². The molecular formula is C27H37N3. The Balaban J connectivity index is 1.82. The Morgan fingerprint density at radius 1 is 0.900 bits per heavy atom. The minimum atomic E-state index is -0.0496. The van der Waals surface area contributed by atoms with Crippen molar-refractivity contribution >= 4 is 5.82 Å². The minimum absolute atomic E-state index is 0.0496. The second-order valence-corrected chi connectivity index (χ2v) is 8.98. The lowest BCUT2D eigenvalue weighted by Gasteiger charge is -2.25. The molecule has 3 rings (SSSR count). The molecule has 0 fully saturated rings. The van der Waals surface area contributed by atoms with E-state index in [0.717, 1.165) is 36.5 Å². The van der Waals surface area contributed by atoms with Crippen molar-refractivity contribution in [3.05, 3.63) is 71.4 Å². The van der Waals surface area contributed by atoms with Crippen molar-refractivity contribution < 1.29 is 0 Å². The van der Waals surface area contributed by atoms with Gasteiger partial charge < -0.3 is 5.73 Å². The number of benzene rings is 2. The molecule has 3 nitrogen and oxygen atoms in total. The fraction of sp³-hybridized carbons (Fsp3) is 0.444. The second kappa shape index (κ2) is 9.97. The highest BCUT2D eigenvalue weighted by Crippen LogP contribution is 2.33. The summed E-state index contributed by atoms with van der Waals surface area (Å²) in [6.45, 7) is 9.67. The van der Waals surface area contributed by atoms with Gasteiger partial charge in [0.1, 0.15) is 5.82 Å². The van der Waals surface area contributed by atoms with Crippen molar-refractivity contribution in [1.82, 2.24) is 9.78 Å². The van der Waals surface area contributed by atoms with Crippen LogP contribution in [-0.4, -0.2) is 9.78 Å². The van der Waals surface area contributed by atoms with Crippen molar-refractivity contribution in [1.29, 1.82) is 0 Å². The van der Waals surface area contributed by atoms with Crippen LogP contribution in [0.25, 0.3) is 11.1 Å². The number of aryl methyl sites for hydroxylation is 2. The van der Waals surface area contributed by atoms with Gasteiger partial charge in [0, 0.05) is 11.0 Å². The molecule has 0 spiro atoms. The van der Waals surface area contributed by atoms with E-state index >= 15 is 0 Å². The summed E-state index contributed by atoms with van der Waals surface area (Å²) in [6.07, 6.45) is 7.21. The third kappa shape index (κ3) is 5.13. The Labute approximate surface area is 182 Å². The average Bonchev–Trinajstić information content (AvgIpc) is 3.07. The maximum Gasteiger partial charge on any atom is 0.129 e. The monoisotopic (exact) mass is 403 g/mol. The van der Waals surface area contributed by atoms with Gasteiger partial charge in [-0.3, -0.25) is 0 Å². The Hall–Kier alpha value is -2.55. The molecule has 1 aromatic heterocycles. The Morgan fingerprint density at radius 2 is 1.60 bits per heavy atom. The first kappa shape index (κ1) is 22.1. The van der Waals surface area contributed by atoms with Crippen LogP contribution in [0, 0.1) is 0 Å². The number of nitrogens with two attached hydrogens (primary N) is 1. The molecule has 0 amide bonds. The first-order chi connectivity index (χ1) is 14.5. The lowest BCUT2D eigenvalue weighted by atomic mass is 9.84. The molecule has 3 heteroatoms. The fourth-order valence-electron chi connectivity index (χ4n) is 4.16. The van der Waals surface area contributed by atoms with Crippen LogP contribution in [0.2, 0.25) is 0 Å². The van der Waals surface area contributed by atoms with Gasteiger partial charge >= 0.3 is 0 Å². The molecule has 0 unspecified atom stereocenters. The summed E-state index contributed by atoms with van der Waals surface area (Å²) >= 11 is 0. The molecule has 0 saturated carbocycles.